The highest BCUT2D eigenvalue weighted by molar-refractivity contribution is 5.96. The number of aryl methyl sites for hydroxylation is 1. The number of para-hydroxylation sites is 1. The van der Waals surface area contributed by atoms with Gasteiger partial charge >= 0.3 is 0 Å². The van der Waals surface area contributed by atoms with E-state index >= 15 is 0 Å². The topological polar surface area (TPSA) is 35.6 Å². The van der Waals surface area contributed by atoms with Crippen LogP contribution in [0.2, 0.25) is 0 Å². The molecule has 1 fully saturated rings. The zero-order valence-electron chi connectivity index (χ0n) is 20.3. The van der Waals surface area contributed by atoms with Gasteiger partial charge in [0.15, 0.2) is 0 Å². The van der Waals surface area contributed by atoms with Crippen LogP contribution >= 0.6 is 0 Å². The first-order valence-corrected chi connectivity index (χ1v) is 12.6. The van der Waals surface area contributed by atoms with Crippen LogP contribution in [0.3, 0.4) is 0 Å². The molecule has 5 rings (SSSR count). The Morgan fingerprint density at radius 1 is 0.882 bits per heavy atom. The van der Waals surface area contributed by atoms with E-state index in [0.717, 1.165) is 54.9 Å². The van der Waals surface area contributed by atoms with Crippen LogP contribution < -0.4 is 5.32 Å². The number of benzene rings is 3. The predicted octanol–water partition coefficient (Wildman–Crippen LogP) is 5.79. The number of nitrogens with one attached hydrogen (secondary N) is 1. The molecular formula is C30H35N3O. The van der Waals surface area contributed by atoms with Crippen molar-refractivity contribution in [2.75, 3.05) is 18.4 Å². The van der Waals surface area contributed by atoms with Crippen LogP contribution in [-0.4, -0.2) is 40.9 Å². The molecule has 1 N–H and O–H groups in total. The molecule has 176 valence electrons. The van der Waals surface area contributed by atoms with Crippen molar-refractivity contribution in [2.24, 2.45) is 0 Å². The third-order valence-electron chi connectivity index (χ3n) is 7.70. The Bertz CT molecular complexity index is 1140. The number of amides is 1. The molecule has 0 aliphatic carbocycles. The van der Waals surface area contributed by atoms with Gasteiger partial charge in [-0.05, 0) is 67.5 Å². The maximum Gasteiger partial charge on any atom is 0.254 e. The van der Waals surface area contributed by atoms with Crippen molar-refractivity contribution in [3.05, 3.63) is 101 Å². The lowest BCUT2D eigenvalue weighted by Crippen LogP contribution is -2.45. The summed E-state index contributed by atoms with van der Waals surface area (Å²) in [6, 6.07) is 26.2. The lowest BCUT2D eigenvalue weighted by molar-refractivity contribution is 0.0662. The standard InChI is InChI=1S/C30H35N3O/c1-22-9-8-13-28(23(22)2)30(34)32-20-25-12-6-7-14-29(25)31-18-17-26-15-16-27(21-32)33(26)19-24-10-4-3-5-11-24/h3-14,26-27,31H,15-21H2,1-2H3/t26-,27+/m0/s1. The number of fused-ring (bicyclic) bond motifs is 3. The zero-order chi connectivity index (χ0) is 23.5. The average Bonchev–Trinajstić information content (AvgIpc) is 3.20. The van der Waals surface area contributed by atoms with Crippen molar-refractivity contribution in [3.63, 3.8) is 0 Å². The Balaban J connectivity index is 1.50. The van der Waals surface area contributed by atoms with Crippen molar-refractivity contribution in [3.8, 4) is 0 Å². The quantitative estimate of drug-likeness (QED) is 0.545. The van der Waals surface area contributed by atoms with Crippen molar-refractivity contribution in [1.82, 2.24) is 9.80 Å². The first-order valence-electron chi connectivity index (χ1n) is 12.6. The molecule has 2 aliphatic heterocycles. The molecule has 0 saturated carbocycles. The second kappa shape index (κ2) is 10.0. The second-order valence-electron chi connectivity index (χ2n) is 9.85. The van der Waals surface area contributed by atoms with Gasteiger partial charge < -0.3 is 10.2 Å². The van der Waals surface area contributed by atoms with Crippen LogP contribution in [0.25, 0.3) is 0 Å². The summed E-state index contributed by atoms with van der Waals surface area (Å²) in [5, 5.41) is 3.68. The van der Waals surface area contributed by atoms with Gasteiger partial charge in [-0.25, -0.2) is 0 Å². The minimum absolute atomic E-state index is 0.137. The van der Waals surface area contributed by atoms with Crippen LogP contribution in [0.5, 0.6) is 0 Å². The van der Waals surface area contributed by atoms with Crippen LogP contribution in [0.15, 0.2) is 72.8 Å². The average molecular weight is 454 g/mol. The Labute approximate surface area is 203 Å². The second-order valence-corrected chi connectivity index (χ2v) is 9.85. The SMILES string of the molecule is Cc1cccc(C(=O)N2Cc3ccccc3NCC[C@@H]3CC[C@H](C2)N3Cc2ccccc2)c1C. The maximum atomic E-state index is 14.0. The van der Waals surface area contributed by atoms with Gasteiger partial charge in [-0.2, -0.15) is 0 Å². The van der Waals surface area contributed by atoms with Crippen molar-refractivity contribution in [1.29, 1.82) is 0 Å². The van der Waals surface area contributed by atoms with Gasteiger partial charge in [-0.1, -0.05) is 60.7 Å². The van der Waals surface area contributed by atoms with E-state index in [9.17, 15) is 4.79 Å². The largest absolute Gasteiger partial charge is 0.385 e. The molecule has 0 aromatic heterocycles. The molecule has 4 heteroatoms. The highest BCUT2D eigenvalue weighted by Crippen LogP contribution is 2.31. The van der Waals surface area contributed by atoms with E-state index in [1.54, 1.807) is 0 Å². The monoisotopic (exact) mass is 453 g/mol. The van der Waals surface area contributed by atoms with E-state index < -0.39 is 0 Å². The summed E-state index contributed by atoms with van der Waals surface area (Å²) in [7, 11) is 0. The zero-order valence-corrected chi connectivity index (χ0v) is 20.3. The molecule has 4 nitrogen and oxygen atoms in total. The molecule has 0 spiro atoms. The molecule has 34 heavy (non-hydrogen) atoms. The summed E-state index contributed by atoms with van der Waals surface area (Å²) in [6.07, 6.45) is 3.44. The van der Waals surface area contributed by atoms with Crippen LogP contribution in [0, 0.1) is 13.8 Å². The molecule has 3 aromatic carbocycles. The molecule has 2 heterocycles. The highest BCUT2D eigenvalue weighted by Gasteiger charge is 2.36. The molecule has 2 atom stereocenters. The van der Waals surface area contributed by atoms with Crippen LogP contribution in [0.4, 0.5) is 5.69 Å². The first kappa shape index (κ1) is 22.7. The van der Waals surface area contributed by atoms with Crippen LogP contribution in [0.1, 0.15) is 51.9 Å². The number of nitrogens with zero attached hydrogens (tertiary/aromatic N) is 2. The van der Waals surface area contributed by atoms with Crippen molar-refractivity contribution < 1.29 is 4.79 Å². The van der Waals surface area contributed by atoms with E-state index in [0.29, 0.717) is 18.6 Å². The van der Waals surface area contributed by atoms with E-state index in [1.165, 1.54) is 17.5 Å². The minimum Gasteiger partial charge on any atom is -0.385 e. The molecule has 2 aliphatic rings. The Morgan fingerprint density at radius 3 is 2.50 bits per heavy atom. The van der Waals surface area contributed by atoms with Gasteiger partial charge in [-0.15, -0.1) is 0 Å². The van der Waals surface area contributed by atoms with E-state index in [-0.39, 0.29) is 5.91 Å². The van der Waals surface area contributed by atoms with Gasteiger partial charge in [0.05, 0.1) is 0 Å². The number of rotatable bonds is 3. The van der Waals surface area contributed by atoms with Gasteiger partial charge in [0.25, 0.3) is 5.91 Å². The summed E-state index contributed by atoms with van der Waals surface area (Å²) < 4.78 is 0. The van der Waals surface area contributed by atoms with Gasteiger partial charge in [0, 0.05) is 49.5 Å². The number of hydrogen-bond acceptors (Lipinski definition) is 3. The minimum atomic E-state index is 0.137. The van der Waals surface area contributed by atoms with E-state index in [1.807, 2.05) is 12.1 Å². The summed E-state index contributed by atoms with van der Waals surface area (Å²) in [4.78, 5) is 18.7. The van der Waals surface area contributed by atoms with Crippen molar-refractivity contribution in [2.45, 2.75) is 58.3 Å². The summed E-state index contributed by atoms with van der Waals surface area (Å²) >= 11 is 0. The predicted molar refractivity (Wildman–Crippen MR) is 139 cm³/mol. The number of anilines is 1. The Hall–Kier alpha value is -3.11. The molecule has 3 aromatic rings. The number of carbonyl (C=O) groups is 1. The summed E-state index contributed by atoms with van der Waals surface area (Å²) in [5.74, 6) is 0.137. The summed E-state index contributed by atoms with van der Waals surface area (Å²) in [6.45, 7) is 7.41. The Morgan fingerprint density at radius 2 is 1.65 bits per heavy atom. The molecular weight excluding hydrogens is 418 g/mol. The highest BCUT2D eigenvalue weighted by atomic mass is 16.2. The van der Waals surface area contributed by atoms with Gasteiger partial charge in [-0.3, -0.25) is 9.69 Å². The smallest absolute Gasteiger partial charge is 0.254 e. The van der Waals surface area contributed by atoms with Gasteiger partial charge in [0.1, 0.15) is 0 Å². The first-order chi connectivity index (χ1) is 16.6. The Kier molecular flexibility index (Phi) is 6.68. The lowest BCUT2D eigenvalue weighted by atomic mass is 10.0. The maximum absolute atomic E-state index is 14.0. The van der Waals surface area contributed by atoms with Crippen molar-refractivity contribution >= 4 is 11.6 Å². The molecule has 0 radical (unpaired) electrons. The lowest BCUT2D eigenvalue weighted by Gasteiger charge is -2.34. The number of carbonyl (C=O) groups excluding carboxylic acids is 1. The fourth-order valence-corrected chi connectivity index (χ4v) is 5.61. The van der Waals surface area contributed by atoms with E-state index in [4.69, 9.17) is 0 Å². The number of hydrogen-bond donors (Lipinski definition) is 1. The normalized spacial score (nSPS) is 20.8. The third-order valence-corrected chi connectivity index (χ3v) is 7.70. The van der Waals surface area contributed by atoms with E-state index in [2.05, 4.69) is 89.6 Å². The molecule has 2 bridgehead atoms. The fraction of sp³-hybridized carbons (Fsp3) is 0.367. The van der Waals surface area contributed by atoms with Gasteiger partial charge in [0.2, 0.25) is 0 Å². The third kappa shape index (κ3) is 4.74. The summed E-state index contributed by atoms with van der Waals surface area (Å²) in [5.41, 5.74) is 6.75. The molecule has 0 unspecified atom stereocenters. The van der Waals surface area contributed by atoms with Crippen LogP contribution in [-0.2, 0) is 13.1 Å². The molecule has 1 saturated heterocycles. The fourth-order valence-electron chi connectivity index (χ4n) is 5.61. The molecule has 1 amide bonds.